The minimum atomic E-state index is -4.65. The predicted octanol–water partition coefficient (Wildman–Crippen LogP) is 4.82. The van der Waals surface area contributed by atoms with Gasteiger partial charge in [0.05, 0.1) is 36.9 Å². The van der Waals surface area contributed by atoms with Crippen molar-refractivity contribution in [2.45, 2.75) is 50.4 Å². The molecule has 0 aliphatic heterocycles. The monoisotopic (exact) mass is 570 g/mol. The van der Waals surface area contributed by atoms with Crippen molar-refractivity contribution in [1.82, 2.24) is 19.9 Å². The smallest absolute Gasteiger partial charge is 0.390 e. The third kappa shape index (κ3) is 7.44. The number of sulfonamides is 1. The summed E-state index contributed by atoms with van der Waals surface area (Å²) < 4.78 is 83.2. The molecule has 9 nitrogen and oxygen atoms in total. The lowest BCUT2D eigenvalue weighted by Gasteiger charge is -2.32. The molecule has 1 saturated carbocycles. The van der Waals surface area contributed by atoms with Crippen LogP contribution in [0.4, 0.5) is 29.2 Å². The predicted molar refractivity (Wildman–Crippen MR) is 141 cm³/mol. The Morgan fingerprint density at radius 3 is 2.44 bits per heavy atom. The fourth-order valence-electron chi connectivity index (χ4n) is 4.51. The minimum Gasteiger partial charge on any atom is -0.494 e. The van der Waals surface area contributed by atoms with Gasteiger partial charge in [-0.2, -0.15) is 13.2 Å². The highest BCUT2D eigenvalue weighted by Crippen LogP contribution is 2.32. The van der Waals surface area contributed by atoms with Crippen molar-refractivity contribution in [2.24, 2.45) is 0 Å². The highest BCUT2D eigenvalue weighted by molar-refractivity contribution is 7.92. The van der Waals surface area contributed by atoms with Crippen molar-refractivity contribution in [2.75, 3.05) is 37.0 Å². The van der Waals surface area contributed by atoms with Crippen molar-refractivity contribution in [3.05, 3.63) is 36.3 Å². The number of methoxy groups -OCH3 is 1. The van der Waals surface area contributed by atoms with E-state index >= 15 is 0 Å². The van der Waals surface area contributed by atoms with E-state index in [4.69, 9.17) is 4.74 Å². The first-order valence-electron chi connectivity index (χ1n) is 12.4. The van der Waals surface area contributed by atoms with Crippen LogP contribution in [0.3, 0.4) is 0 Å². The zero-order chi connectivity index (χ0) is 28.4. The van der Waals surface area contributed by atoms with E-state index in [1.165, 1.54) is 13.2 Å². The van der Waals surface area contributed by atoms with E-state index in [-0.39, 0.29) is 6.04 Å². The Morgan fingerprint density at radius 2 is 1.82 bits per heavy atom. The number of rotatable bonds is 9. The average molecular weight is 571 g/mol. The van der Waals surface area contributed by atoms with E-state index in [0.29, 0.717) is 40.0 Å². The van der Waals surface area contributed by atoms with E-state index in [9.17, 15) is 26.0 Å². The van der Waals surface area contributed by atoms with Gasteiger partial charge in [-0.1, -0.05) is 6.07 Å². The molecular formula is C25H30F4N6O3S. The first-order valence-corrected chi connectivity index (χ1v) is 14.0. The summed E-state index contributed by atoms with van der Waals surface area (Å²) in [5.74, 6) is -1.34. The lowest BCUT2D eigenvalue weighted by Crippen LogP contribution is -2.36. The molecule has 14 heteroatoms. The number of hydrogen-bond acceptors (Lipinski definition) is 8. The summed E-state index contributed by atoms with van der Waals surface area (Å²) in [4.78, 5) is 15.7. The summed E-state index contributed by atoms with van der Waals surface area (Å²) in [6.07, 6.45) is -0.490. The Labute approximate surface area is 224 Å². The van der Waals surface area contributed by atoms with Crippen LogP contribution in [0.2, 0.25) is 0 Å². The number of hydrogen-bond donors (Lipinski definition) is 2. The highest BCUT2D eigenvalue weighted by atomic mass is 32.2. The average Bonchev–Trinajstić information content (AvgIpc) is 2.88. The molecule has 0 unspecified atom stereocenters. The van der Waals surface area contributed by atoms with E-state index < -0.39 is 39.9 Å². The highest BCUT2D eigenvalue weighted by Gasteiger charge is 2.30. The summed E-state index contributed by atoms with van der Waals surface area (Å²) >= 11 is 0. The molecule has 1 aliphatic rings. The van der Waals surface area contributed by atoms with Gasteiger partial charge in [0.25, 0.3) is 0 Å². The van der Waals surface area contributed by atoms with Gasteiger partial charge in [0.2, 0.25) is 16.0 Å². The topological polar surface area (TPSA) is 109 Å². The maximum absolute atomic E-state index is 14.7. The van der Waals surface area contributed by atoms with Gasteiger partial charge in [0.1, 0.15) is 22.6 Å². The van der Waals surface area contributed by atoms with Crippen LogP contribution in [-0.2, 0) is 10.0 Å². The largest absolute Gasteiger partial charge is 0.494 e. The van der Waals surface area contributed by atoms with Crippen LogP contribution in [0.25, 0.3) is 22.3 Å². The van der Waals surface area contributed by atoms with Crippen LogP contribution < -0.4 is 14.8 Å². The molecule has 0 atom stereocenters. The van der Waals surface area contributed by atoms with Gasteiger partial charge in [-0.05, 0) is 51.9 Å². The Morgan fingerprint density at radius 1 is 1.10 bits per heavy atom. The van der Waals surface area contributed by atoms with Crippen LogP contribution in [0.1, 0.15) is 32.1 Å². The molecule has 39 heavy (non-hydrogen) atoms. The molecule has 0 spiro atoms. The summed E-state index contributed by atoms with van der Waals surface area (Å²) in [7, 11) is 1.25. The van der Waals surface area contributed by atoms with E-state index in [0.717, 1.165) is 37.8 Å². The molecule has 0 bridgehead atoms. The number of nitrogens with one attached hydrogen (secondary N) is 2. The van der Waals surface area contributed by atoms with E-state index in [1.54, 1.807) is 12.3 Å². The van der Waals surface area contributed by atoms with E-state index in [1.807, 2.05) is 4.72 Å². The van der Waals surface area contributed by atoms with Gasteiger partial charge in [0.15, 0.2) is 0 Å². The third-order valence-corrected chi connectivity index (χ3v) is 7.95. The number of halogens is 4. The summed E-state index contributed by atoms with van der Waals surface area (Å²) in [5.41, 5.74) is 1.02. The second-order valence-corrected chi connectivity index (χ2v) is 11.6. The number of benzene rings is 1. The number of fused-ring (bicyclic) bond motifs is 1. The lowest BCUT2D eigenvalue weighted by atomic mass is 9.91. The maximum atomic E-state index is 14.7. The van der Waals surface area contributed by atoms with Gasteiger partial charge in [0, 0.05) is 23.7 Å². The van der Waals surface area contributed by atoms with Crippen molar-refractivity contribution >= 4 is 32.7 Å². The van der Waals surface area contributed by atoms with Gasteiger partial charge in [-0.3, -0.25) is 4.72 Å². The molecule has 212 valence electrons. The van der Waals surface area contributed by atoms with Crippen LogP contribution in [-0.4, -0.2) is 73.5 Å². The molecule has 4 rings (SSSR count). The van der Waals surface area contributed by atoms with Crippen LogP contribution >= 0.6 is 0 Å². The number of aromatic nitrogens is 3. The Balaban J connectivity index is 1.52. The Kier molecular flexibility index (Phi) is 8.45. The van der Waals surface area contributed by atoms with Gasteiger partial charge >= 0.3 is 6.18 Å². The van der Waals surface area contributed by atoms with Gasteiger partial charge in [-0.25, -0.2) is 27.8 Å². The molecule has 0 saturated heterocycles. The van der Waals surface area contributed by atoms with Crippen molar-refractivity contribution in [3.8, 4) is 17.0 Å². The first kappa shape index (κ1) is 28.7. The fourth-order valence-corrected chi connectivity index (χ4v) is 5.61. The molecule has 1 fully saturated rings. The molecule has 3 aromatic rings. The molecule has 0 radical (unpaired) electrons. The number of ether oxygens (including phenoxy) is 1. The summed E-state index contributed by atoms with van der Waals surface area (Å²) in [6.45, 7) is 0. The van der Waals surface area contributed by atoms with Gasteiger partial charge in [-0.15, -0.1) is 0 Å². The standard InChI is InChI=1S/C25H30F4N6O3S/c1-35(2)17-7-5-16(6-8-17)31-24-30-14-21-23(33-24)22(38-3)13-20(32-21)15-4-9-19(18(26)12-15)34-39(36,37)11-10-25(27,28)29/h4,9,12-14,16-17,34H,5-8,10-11H2,1-3H3,(H,30,31,33). The van der Waals surface area contributed by atoms with Crippen LogP contribution in [0.5, 0.6) is 5.75 Å². The maximum Gasteiger partial charge on any atom is 0.390 e. The fraction of sp³-hybridized carbons (Fsp3) is 0.480. The molecule has 1 aromatic carbocycles. The van der Waals surface area contributed by atoms with Gasteiger partial charge < -0.3 is 15.0 Å². The quantitative estimate of drug-likeness (QED) is 0.353. The van der Waals surface area contributed by atoms with Crippen molar-refractivity contribution in [3.63, 3.8) is 0 Å². The molecule has 2 heterocycles. The summed E-state index contributed by atoms with van der Waals surface area (Å²) in [5, 5.41) is 3.39. The number of alkyl halides is 3. The van der Waals surface area contributed by atoms with E-state index in [2.05, 4.69) is 39.3 Å². The molecule has 0 amide bonds. The minimum absolute atomic E-state index is 0.254. The normalized spacial score (nSPS) is 18.4. The number of pyridine rings is 1. The molecule has 1 aliphatic carbocycles. The van der Waals surface area contributed by atoms with Crippen LogP contribution in [0.15, 0.2) is 30.5 Å². The molecule has 2 N–H and O–H groups in total. The molecule has 2 aromatic heterocycles. The Bertz CT molecular complexity index is 1430. The summed E-state index contributed by atoms with van der Waals surface area (Å²) in [6, 6.07) is 5.96. The number of nitrogens with zero attached hydrogens (tertiary/aromatic N) is 4. The third-order valence-electron chi connectivity index (χ3n) is 6.68. The SMILES string of the molecule is COc1cc(-c2ccc(NS(=O)(=O)CCC(F)(F)F)c(F)c2)nc2cnc(NC3CCC(N(C)C)CC3)nc12. The first-order chi connectivity index (χ1) is 18.3. The van der Waals surface area contributed by atoms with Crippen LogP contribution in [0, 0.1) is 5.82 Å². The molecular weight excluding hydrogens is 540 g/mol. The zero-order valence-electron chi connectivity index (χ0n) is 21.7. The van der Waals surface area contributed by atoms with Crippen molar-refractivity contribution < 1.29 is 30.7 Å². The second kappa shape index (κ2) is 11.5. The van der Waals surface area contributed by atoms with Crippen molar-refractivity contribution in [1.29, 1.82) is 0 Å². The zero-order valence-corrected chi connectivity index (χ0v) is 22.5. The lowest BCUT2D eigenvalue weighted by molar-refractivity contribution is -0.129. The number of anilines is 2. The second-order valence-electron chi connectivity index (χ2n) is 9.73. The Hall–Kier alpha value is -3.26.